The molecule has 2 amide bonds. The number of phenols is 2. The van der Waals surface area contributed by atoms with Crippen molar-refractivity contribution in [2.24, 2.45) is 0 Å². The smallest absolute Gasteiger partial charge is 0.258 e. The second-order valence-electron chi connectivity index (χ2n) is 8.05. The zero-order valence-electron chi connectivity index (χ0n) is 18.6. The van der Waals surface area contributed by atoms with Crippen LogP contribution in [0.1, 0.15) is 58.5 Å². The molecular formula is C24H28N2O6. The number of carbonyl (C=O) groups excluding carboxylic acids is 3. The maximum Gasteiger partial charge on any atom is 0.258 e. The second-order valence-corrected chi connectivity index (χ2v) is 8.05. The summed E-state index contributed by atoms with van der Waals surface area (Å²) in [5, 5.41) is 20.5. The number of ketones is 1. The zero-order chi connectivity index (χ0) is 23.4. The van der Waals surface area contributed by atoms with Gasteiger partial charge in [0.1, 0.15) is 23.9 Å². The Kier molecular flexibility index (Phi) is 7.02. The summed E-state index contributed by atoms with van der Waals surface area (Å²) in [4.78, 5) is 40.0. The number of amides is 2. The molecule has 0 aromatic heterocycles. The molecule has 2 aromatic rings. The van der Waals surface area contributed by atoms with Gasteiger partial charge in [-0.15, -0.1) is 0 Å². The number of aromatic hydroxyl groups is 2. The van der Waals surface area contributed by atoms with Crippen molar-refractivity contribution in [3.05, 3.63) is 52.6 Å². The van der Waals surface area contributed by atoms with Crippen LogP contribution < -0.4 is 4.74 Å². The number of rotatable bonds is 8. The molecule has 0 saturated heterocycles. The number of ether oxygens (including phenoxy) is 1. The molecule has 2 aromatic carbocycles. The van der Waals surface area contributed by atoms with Crippen molar-refractivity contribution in [1.29, 1.82) is 0 Å². The summed E-state index contributed by atoms with van der Waals surface area (Å²) >= 11 is 0. The molecule has 0 bridgehead atoms. The van der Waals surface area contributed by atoms with Crippen LogP contribution in [0, 0.1) is 0 Å². The molecule has 0 saturated carbocycles. The van der Waals surface area contributed by atoms with Gasteiger partial charge in [0.25, 0.3) is 11.8 Å². The Morgan fingerprint density at radius 1 is 1.03 bits per heavy atom. The fourth-order valence-electron chi connectivity index (χ4n) is 3.58. The minimum Gasteiger partial charge on any atom is -0.507 e. The zero-order valence-corrected chi connectivity index (χ0v) is 18.6. The summed E-state index contributed by atoms with van der Waals surface area (Å²) in [6.07, 6.45) is 1.73. The van der Waals surface area contributed by atoms with Crippen LogP contribution in [0.3, 0.4) is 0 Å². The number of carbonyl (C=O) groups is 3. The highest BCUT2D eigenvalue weighted by molar-refractivity contribution is 6.03. The van der Waals surface area contributed by atoms with E-state index in [0.717, 1.165) is 30.0 Å². The number of hydrogen-bond donors (Lipinski definition) is 2. The lowest BCUT2D eigenvalue weighted by Gasteiger charge is -2.20. The number of phenolic OH excluding ortho intramolecular Hbond substituents is 2. The van der Waals surface area contributed by atoms with Crippen molar-refractivity contribution in [3.63, 3.8) is 0 Å². The van der Waals surface area contributed by atoms with E-state index in [0.29, 0.717) is 25.4 Å². The molecule has 1 aliphatic rings. The largest absolute Gasteiger partial charge is 0.507 e. The maximum atomic E-state index is 13.1. The number of Topliss-reactive ketones (excluding diaryl/α,β-unsaturated/α-hetero) is 1. The van der Waals surface area contributed by atoms with Gasteiger partial charge in [-0.05, 0) is 42.7 Å². The molecule has 32 heavy (non-hydrogen) atoms. The number of hydrogen-bond acceptors (Lipinski definition) is 6. The van der Waals surface area contributed by atoms with Crippen molar-refractivity contribution < 1.29 is 29.3 Å². The number of benzene rings is 2. The molecule has 0 unspecified atom stereocenters. The van der Waals surface area contributed by atoms with Gasteiger partial charge in [-0.3, -0.25) is 14.4 Å². The number of fused-ring (bicyclic) bond motifs is 1. The first kappa shape index (κ1) is 23.1. The summed E-state index contributed by atoms with van der Waals surface area (Å²) in [6, 6.07) is 7.66. The van der Waals surface area contributed by atoms with Gasteiger partial charge in [-0.2, -0.15) is 0 Å². The summed E-state index contributed by atoms with van der Waals surface area (Å²) in [7, 11) is 1.63. The van der Waals surface area contributed by atoms with Crippen molar-refractivity contribution >= 4 is 17.6 Å². The van der Waals surface area contributed by atoms with Crippen LogP contribution in [0.25, 0.3) is 0 Å². The third-order valence-electron chi connectivity index (χ3n) is 5.40. The predicted octanol–water partition coefficient (Wildman–Crippen LogP) is 3.09. The van der Waals surface area contributed by atoms with Gasteiger partial charge in [0, 0.05) is 32.7 Å². The molecule has 170 valence electrons. The lowest BCUT2D eigenvalue weighted by Crippen LogP contribution is -2.29. The first-order chi connectivity index (χ1) is 15.2. The van der Waals surface area contributed by atoms with Gasteiger partial charge in [0.2, 0.25) is 0 Å². The van der Waals surface area contributed by atoms with Gasteiger partial charge in [0.15, 0.2) is 5.78 Å². The van der Waals surface area contributed by atoms with Gasteiger partial charge in [-0.1, -0.05) is 19.4 Å². The molecule has 0 aliphatic carbocycles. The molecular weight excluding hydrogens is 412 g/mol. The number of unbranched alkanes of at least 4 members (excludes halogenated alkanes) is 1. The maximum absolute atomic E-state index is 13.1. The third kappa shape index (κ3) is 5.01. The van der Waals surface area contributed by atoms with E-state index in [1.165, 1.54) is 17.9 Å². The molecule has 0 spiro atoms. The Morgan fingerprint density at radius 2 is 1.72 bits per heavy atom. The summed E-state index contributed by atoms with van der Waals surface area (Å²) in [6.45, 7) is 4.59. The standard InChI is InChI=1S/C24H28N2O6/c1-4-5-8-25(3)23(30)19-10-20(22(29)11-21(19)28)24(31)26-12-16-6-7-18(9-17(16)13-26)32-14-15(2)27/h6-7,9-11,28-29H,4-5,8,12-14H2,1-3H3. The molecule has 0 atom stereocenters. The highest BCUT2D eigenvalue weighted by Gasteiger charge is 2.28. The second kappa shape index (κ2) is 9.72. The van der Waals surface area contributed by atoms with E-state index in [1.807, 2.05) is 13.0 Å². The Bertz CT molecular complexity index is 1050. The van der Waals surface area contributed by atoms with Gasteiger partial charge >= 0.3 is 0 Å². The van der Waals surface area contributed by atoms with E-state index in [9.17, 15) is 24.6 Å². The first-order valence-electron chi connectivity index (χ1n) is 10.6. The van der Waals surface area contributed by atoms with Crippen LogP contribution in [0.4, 0.5) is 0 Å². The highest BCUT2D eigenvalue weighted by Crippen LogP contribution is 2.33. The van der Waals surface area contributed by atoms with E-state index in [2.05, 4.69) is 0 Å². The molecule has 0 radical (unpaired) electrons. The first-order valence-corrected chi connectivity index (χ1v) is 10.6. The third-order valence-corrected chi connectivity index (χ3v) is 5.40. The van der Waals surface area contributed by atoms with Crippen molar-refractivity contribution in [1.82, 2.24) is 9.80 Å². The number of nitrogens with zero attached hydrogens (tertiary/aromatic N) is 2. The van der Waals surface area contributed by atoms with Crippen LogP contribution in [0.15, 0.2) is 30.3 Å². The van der Waals surface area contributed by atoms with Gasteiger partial charge < -0.3 is 24.7 Å². The topological polar surface area (TPSA) is 107 Å². The Labute approximate surface area is 187 Å². The highest BCUT2D eigenvalue weighted by atomic mass is 16.5. The molecule has 2 N–H and O–H groups in total. The van der Waals surface area contributed by atoms with E-state index in [-0.39, 0.29) is 35.0 Å². The minimum atomic E-state index is -0.449. The minimum absolute atomic E-state index is 0.0215. The molecule has 1 aliphatic heterocycles. The SMILES string of the molecule is CCCCN(C)C(=O)c1cc(C(=O)N2Cc3ccc(OCC(C)=O)cc3C2)c(O)cc1O. The van der Waals surface area contributed by atoms with Crippen LogP contribution in [-0.2, 0) is 17.9 Å². The van der Waals surface area contributed by atoms with Crippen molar-refractivity contribution in [3.8, 4) is 17.2 Å². The molecule has 3 rings (SSSR count). The summed E-state index contributed by atoms with van der Waals surface area (Å²) < 4.78 is 5.43. The van der Waals surface area contributed by atoms with E-state index in [4.69, 9.17) is 4.74 Å². The molecule has 8 heteroatoms. The van der Waals surface area contributed by atoms with E-state index >= 15 is 0 Å². The lowest BCUT2D eigenvalue weighted by atomic mass is 10.1. The molecule has 0 fully saturated rings. The Hall–Kier alpha value is -3.55. The quantitative estimate of drug-likeness (QED) is 0.653. The van der Waals surface area contributed by atoms with Crippen LogP contribution in [0.2, 0.25) is 0 Å². The van der Waals surface area contributed by atoms with Gasteiger partial charge in [-0.25, -0.2) is 0 Å². The Balaban J connectivity index is 1.80. The Morgan fingerprint density at radius 3 is 2.41 bits per heavy atom. The monoisotopic (exact) mass is 440 g/mol. The summed E-state index contributed by atoms with van der Waals surface area (Å²) in [5.74, 6) is -1.16. The van der Waals surface area contributed by atoms with Crippen LogP contribution in [-0.4, -0.2) is 57.8 Å². The van der Waals surface area contributed by atoms with E-state index in [1.54, 1.807) is 24.1 Å². The van der Waals surface area contributed by atoms with E-state index < -0.39 is 11.8 Å². The molecule has 8 nitrogen and oxygen atoms in total. The van der Waals surface area contributed by atoms with Gasteiger partial charge in [0.05, 0.1) is 11.1 Å². The average Bonchev–Trinajstić information content (AvgIpc) is 3.18. The summed E-state index contributed by atoms with van der Waals surface area (Å²) in [5.41, 5.74) is 1.74. The van der Waals surface area contributed by atoms with Crippen LogP contribution in [0.5, 0.6) is 17.2 Å². The van der Waals surface area contributed by atoms with Crippen molar-refractivity contribution in [2.75, 3.05) is 20.2 Å². The lowest BCUT2D eigenvalue weighted by molar-refractivity contribution is -0.118. The fourth-order valence-corrected chi connectivity index (χ4v) is 3.58. The fraction of sp³-hybridized carbons (Fsp3) is 0.375. The van der Waals surface area contributed by atoms with Crippen LogP contribution >= 0.6 is 0 Å². The van der Waals surface area contributed by atoms with Crippen molar-refractivity contribution in [2.45, 2.75) is 39.8 Å². The predicted molar refractivity (Wildman–Crippen MR) is 118 cm³/mol. The molecule has 1 heterocycles. The normalized spacial score (nSPS) is 12.4. The average molecular weight is 440 g/mol.